The minimum atomic E-state index is 0. The maximum Gasteiger partial charge on any atom is 0.0549 e. The molecule has 1 nitrogen and oxygen atoms in total. The van der Waals surface area contributed by atoms with E-state index in [1.165, 1.54) is 12.8 Å². The van der Waals surface area contributed by atoms with Gasteiger partial charge in [0.25, 0.3) is 0 Å². The van der Waals surface area contributed by atoms with Gasteiger partial charge in [-0.1, -0.05) is 20.8 Å². The molecule has 0 aromatic carbocycles. The molecule has 0 aromatic rings. The molecule has 1 rings (SSSR count). The zero-order chi connectivity index (χ0) is 7.98. The minimum Gasteiger partial charge on any atom is -0.378 e. The van der Waals surface area contributed by atoms with E-state index in [0.29, 0.717) is 6.10 Å². The van der Waals surface area contributed by atoms with Crippen LogP contribution in [0.2, 0.25) is 0 Å². The van der Waals surface area contributed by atoms with Crippen molar-refractivity contribution in [3.63, 3.8) is 0 Å². The fraction of sp³-hybridized carbons (Fsp3) is 1.00. The third-order valence-electron chi connectivity index (χ3n) is 1.75. The Morgan fingerprint density at radius 3 is 2.00 bits per heavy atom. The molecule has 0 radical (unpaired) electrons. The Balaban J connectivity index is 0. The van der Waals surface area contributed by atoms with Crippen LogP contribution in [0.25, 0.3) is 0 Å². The van der Waals surface area contributed by atoms with E-state index in [1.54, 1.807) is 0 Å². The largest absolute Gasteiger partial charge is 0.378 e. The van der Waals surface area contributed by atoms with Crippen LogP contribution in [0.1, 0.15) is 40.5 Å². The topological polar surface area (TPSA) is 9.23 Å². The van der Waals surface area contributed by atoms with E-state index >= 15 is 0 Å². The fourth-order valence-corrected chi connectivity index (χ4v) is 1.22. The molecule has 0 bridgehead atoms. The molecule has 0 amide bonds. The summed E-state index contributed by atoms with van der Waals surface area (Å²) in [6.45, 7) is 9.41. The second-order valence-electron chi connectivity index (χ2n) is 2.81. The first kappa shape index (κ1) is 14.5. The van der Waals surface area contributed by atoms with Crippen LogP contribution in [-0.2, 0) is 4.74 Å². The number of ether oxygens (including phenoxy) is 1. The van der Waals surface area contributed by atoms with Gasteiger partial charge in [0.1, 0.15) is 0 Å². The molecule has 1 heterocycles. The van der Waals surface area contributed by atoms with Crippen LogP contribution < -0.4 is 0 Å². The van der Waals surface area contributed by atoms with Crippen LogP contribution in [-0.4, -0.2) is 12.7 Å². The average Bonchev–Trinajstić information content (AvgIpc) is 1.91. The normalized spacial score (nSPS) is 29.5. The number of rotatable bonds is 0. The third-order valence-corrected chi connectivity index (χ3v) is 1.75. The monoisotopic (exact) mass is 382 g/mol. The Kier molecular flexibility index (Phi) is 12.0. The molecule has 0 aromatic heterocycles. The molecular formula is C9H20OU. The molecule has 0 spiro atoms. The average molecular weight is 382 g/mol. The van der Waals surface area contributed by atoms with Crippen molar-refractivity contribution >= 4 is 0 Å². The Bertz CT molecular complexity index is 68.0. The zero-order valence-electron chi connectivity index (χ0n) is 8.18. The summed E-state index contributed by atoms with van der Waals surface area (Å²) in [7, 11) is 0. The quantitative estimate of drug-likeness (QED) is 0.626. The van der Waals surface area contributed by atoms with Gasteiger partial charge in [-0.2, -0.15) is 0 Å². The van der Waals surface area contributed by atoms with E-state index in [-0.39, 0.29) is 31.1 Å². The first-order chi connectivity index (χ1) is 4.79. The van der Waals surface area contributed by atoms with Gasteiger partial charge in [0.15, 0.2) is 0 Å². The second-order valence-corrected chi connectivity index (χ2v) is 2.81. The molecule has 0 saturated carbocycles. The SMILES string of the molecule is CC.C[C@H]1CCO[C@@H](C)C1.[U]. The van der Waals surface area contributed by atoms with Crippen molar-refractivity contribution in [2.24, 2.45) is 5.92 Å². The van der Waals surface area contributed by atoms with E-state index in [9.17, 15) is 0 Å². The Morgan fingerprint density at radius 2 is 1.73 bits per heavy atom. The van der Waals surface area contributed by atoms with Gasteiger partial charge in [-0.05, 0) is 25.7 Å². The van der Waals surface area contributed by atoms with E-state index in [4.69, 9.17) is 4.74 Å². The summed E-state index contributed by atoms with van der Waals surface area (Å²) in [5.74, 6) is 0.888. The molecule has 66 valence electrons. The van der Waals surface area contributed by atoms with Gasteiger partial charge in [-0.3, -0.25) is 0 Å². The summed E-state index contributed by atoms with van der Waals surface area (Å²) in [6, 6.07) is 0. The van der Waals surface area contributed by atoms with Crippen molar-refractivity contribution < 1.29 is 35.9 Å². The predicted molar refractivity (Wildman–Crippen MR) is 45.2 cm³/mol. The summed E-state index contributed by atoms with van der Waals surface area (Å²) >= 11 is 0. The van der Waals surface area contributed by atoms with Crippen molar-refractivity contribution in [1.82, 2.24) is 0 Å². The summed E-state index contributed by atoms with van der Waals surface area (Å²) in [5.41, 5.74) is 0. The molecule has 1 aliphatic rings. The standard InChI is InChI=1S/C7H14O.C2H6.U/c1-6-3-4-8-7(2)5-6;1-2;/h6-7H,3-5H2,1-2H3;1-2H3;/t6-,7-;;/m0../s1. The van der Waals surface area contributed by atoms with Gasteiger partial charge < -0.3 is 4.74 Å². The van der Waals surface area contributed by atoms with E-state index in [0.717, 1.165) is 12.5 Å². The third kappa shape index (κ3) is 7.38. The van der Waals surface area contributed by atoms with Gasteiger partial charge >= 0.3 is 0 Å². The van der Waals surface area contributed by atoms with Gasteiger partial charge in [0.2, 0.25) is 0 Å². The van der Waals surface area contributed by atoms with Crippen LogP contribution >= 0.6 is 0 Å². The van der Waals surface area contributed by atoms with Crippen LogP contribution in [0.5, 0.6) is 0 Å². The summed E-state index contributed by atoms with van der Waals surface area (Å²) in [5, 5.41) is 0. The number of hydrogen-bond donors (Lipinski definition) is 0. The maximum atomic E-state index is 5.35. The van der Waals surface area contributed by atoms with Crippen molar-refractivity contribution in [3.05, 3.63) is 0 Å². The predicted octanol–water partition coefficient (Wildman–Crippen LogP) is 2.85. The molecule has 1 saturated heterocycles. The van der Waals surface area contributed by atoms with Gasteiger partial charge in [0.05, 0.1) is 6.10 Å². The van der Waals surface area contributed by atoms with Crippen molar-refractivity contribution in [1.29, 1.82) is 0 Å². The van der Waals surface area contributed by atoms with E-state index in [1.807, 2.05) is 13.8 Å². The van der Waals surface area contributed by atoms with Crippen molar-refractivity contribution in [2.45, 2.75) is 46.6 Å². The van der Waals surface area contributed by atoms with Gasteiger partial charge in [-0.25, -0.2) is 0 Å². The molecule has 1 aliphatic heterocycles. The summed E-state index contributed by atoms with van der Waals surface area (Å²) in [6.07, 6.45) is 3.02. The molecule has 2 heteroatoms. The van der Waals surface area contributed by atoms with Crippen molar-refractivity contribution in [3.8, 4) is 0 Å². The molecule has 2 atom stereocenters. The van der Waals surface area contributed by atoms with Gasteiger partial charge in [0, 0.05) is 37.7 Å². The van der Waals surface area contributed by atoms with E-state index < -0.39 is 0 Å². The molecule has 0 unspecified atom stereocenters. The smallest absolute Gasteiger partial charge is 0.0549 e. The fourth-order valence-electron chi connectivity index (χ4n) is 1.22. The van der Waals surface area contributed by atoms with Crippen molar-refractivity contribution in [2.75, 3.05) is 6.61 Å². The molecular weight excluding hydrogens is 362 g/mol. The van der Waals surface area contributed by atoms with Crippen LogP contribution in [0.4, 0.5) is 0 Å². The van der Waals surface area contributed by atoms with Crippen LogP contribution in [0.15, 0.2) is 0 Å². The van der Waals surface area contributed by atoms with Gasteiger partial charge in [-0.15, -0.1) is 0 Å². The Morgan fingerprint density at radius 1 is 1.18 bits per heavy atom. The second kappa shape index (κ2) is 9.10. The molecule has 1 fully saturated rings. The zero-order valence-corrected chi connectivity index (χ0v) is 12.3. The first-order valence-electron chi connectivity index (χ1n) is 4.40. The minimum absolute atomic E-state index is 0. The summed E-state index contributed by atoms with van der Waals surface area (Å²) in [4.78, 5) is 0. The maximum absolute atomic E-state index is 5.35. The molecule has 0 N–H and O–H groups in total. The van der Waals surface area contributed by atoms with Crippen LogP contribution in [0.3, 0.4) is 0 Å². The van der Waals surface area contributed by atoms with E-state index in [2.05, 4.69) is 13.8 Å². The Hall–Kier alpha value is 1.01. The Labute approximate surface area is 94.7 Å². The first-order valence-corrected chi connectivity index (χ1v) is 4.40. The molecule has 11 heavy (non-hydrogen) atoms. The number of hydrogen-bond acceptors (Lipinski definition) is 1. The molecule has 0 aliphatic carbocycles. The van der Waals surface area contributed by atoms with Crippen LogP contribution in [0, 0.1) is 37.0 Å². The summed E-state index contributed by atoms with van der Waals surface area (Å²) < 4.78 is 5.35.